The zero-order valence-corrected chi connectivity index (χ0v) is 38.8. The van der Waals surface area contributed by atoms with Crippen LogP contribution >= 0.6 is 0 Å². The number of hydrogen-bond donors (Lipinski definition) is 0. The first-order chi connectivity index (χ1) is 29.0. The van der Waals surface area contributed by atoms with Gasteiger partial charge in [-0.3, -0.25) is 14.4 Å². The molecule has 0 radical (unpaired) electrons. The third kappa shape index (κ3) is 46.0. The van der Waals surface area contributed by atoms with E-state index in [1.54, 1.807) is 0 Å². The van der Waals surface area contributed by atoms with Gasteiger partial charge in [0.05, 0.1) is 0 Å². The van der Waals surface area contributed by atoms with Crippen LogP contribution in [0.3, 0.4) is 0 Å². The number of esters is 3. The van der Waals surface area contributed by atoms with Crippen LogP contribution in [0.1, 0.15) is 239 Å². The van der Waals surface area contributed by atoms with Crippen molar-refractivity contribution in [2.45, 2.75) is 245 Å². The molecule has 1 unspecified atom stereocenters. The fraction of sp³-hybridized carbons (Fsp3) is 0.755. The van der Waals surface area contributed by atoms with E-state index in [0.717, 1.165) is 83.5 Å². The van der Waals surface area contributed by atoms with Crippen LogP contribution in [0.25, 0.3) is 0 Å². The molecule has 0 bridgehead atoms. The number of carbonyl (C=O) groups excluding carboxylic acids is 3. The van der Waals surface area contributed by atoms with Crippen molar-refractivity contribution in [3.05, 3.63) is 60.8 Å². The highest BCUT2D eigenvalue weighted by Crippen LogP contribution is 2.14. The summed E-state index contributed by atoms with van der Waals surface area (Å²) in [4.78, 5) is 37.8. The van der Waals surface area contributed by atoms with Crippen LogP contribution < -0.4 is 0 Å². The molecule has 0 aliphatic heterocycles. The van der Waals surface area contributed by atoms with Gasteiger partial charge in [-0.1, -0.05) is 197 Å². The molecule has 0 aliphatic carbocycles. The first-order valence-corrected chi connectivity index (χ1v) is 24.8. The van der Waals surface area contributed by atoms with E-state index in [2.05, 4.69) is 81.5 Å². The maximum Gasteiger partial charge on any atom is 0.306 e. The van der Waals surface area contributed by atoms with E-state index in [9.17, 15) is 14.4 Å². The maximum atomic E-state index is 12.7. The number of ether oxygens (including phenoxy) is 3. The highest BCUT2D eigenvalue weighted by Gasteiger charge is 2.19. The minimum Gasteiger partial charge on any atom is -0.462 e. The molecule has 0 aromatic carbocycles. The first-order valence-electron chi connectivity index (χ1n) is 24.8. The molecule has 0 aromatic heterocycles. The number of carbonyl (C=O) groups is 3. The van der Waals surface area contributed by atoms with Crippen LogP contribution in [0.5, 0.6) is 0 Å². The van der Waals surface area contributed by atoms with E-state index in [1.165, 1.54) is 109 Å². The molecular formula is C53H92O6. The van der Waals surface area contributed by atoms with Crippen molar-refractivity contribution < 1.29 is 28.6 Å². The van der Waals surface area contributed by atoms with Crippen molar-refractivity contribution in [1.82, 2.24) is 0 Å². The Morgan fingerprint density at radius 3 is 1.08 bits per heavy atom. The summed E-state index contributed by atoms with van der Waals surface area (Å²) in [6.07, 6.45) is 57.8. The van der Waals surface area contributed by atoms with Crippen molar-refractivity contribution in [2.24, 2.45) is 0 Å². The van der Waals surface area contributed by atoms with Gasteiger partial charge >= 0.3 is 17.9 Å². The Hall–Kier alpha value is -2.89. The topological polar surface area (TPSA) is 78.9 Å². The first kappa shape index (κ1) is 56.1. The third-order valence-corrected chi connectivity index (χ3v) is 10.5. The molecule has 6 nitrogen and oxygen atoms in total. The molecular weight excluding hydrogens is 733 g/mol. The molecule has 340 valence electrons. The van der Waals surface area contributed by atoms with Crippen LogP contribution in [0, 0.1) is 0 Å². The average molecular weight is 825 g/mol. The second-order valence-electron chi connectivity index (χ2n) is 16.3. The fourth-order valence-corrected chi connectivity index (χ4v) is 6.78. The van der Waals surface area contributed by atoms with Crippen molar-refractivity contribution in [1.29, 1.82) is 0 Å². The van der Waals surface area contributed by atoms with Gasteiger partial charge in [0.1, 0.15) is 13.2 Å². The highest BCUT2D eigenvalue weighted by molar-refractivity contribution is 5.71. The lowest BCUT2D eigenvalue weighted by molar-refractivity contribution is -0.167. The minimum atomic E-state index is -0.795. The molecule has 0 heterocycles. The second kappa shape index (κ2) is 47.8. The maximum absolute atomic E-state index is 12.7. The fourth-order valence-electron chi connectivity index (χ4n) is 6.78. The van der Waals surface area contributed by atoms with Crippen molar-refractivity contribution in [2.75, 3.05) is 13.2 Å². The molecule has 0 spiro atoms. The smallest absolute Gasteiger partial charge is 0.306 e. The average Bonchev–Trinajstić information content (AvgIpc) is 3.23. The standard InChI is InChI=1S/C53H92O6/c1-4-7-10-13-16-19-22-24-26-28-29-31-34-37-40-43-46-52(55)58-49-50(48-57-51(54)45-42-39-36-33-21-18-15-12-9-6-3)59-53(56)47-44-41-38-35-32-30-27-25-23-20-17-14-11-8-5-2/h8,11,17,20,25-28,32,35,50H,4-7,9-10,12-16,18-19,21-24,29-31,33-34,36-49H2,1-3H3/b11-8-,20-17-,27-25-,28-26-,35-32-. The number of rotatable bonds is 44. The second-order valence-corrected chi connectivity index (χ2v) is 16.3. The molecule has 0 N–H and O–H groups in total. The lowest BCUT2D eigenvalue weighted by Crippen LogP contribution is -2.30. The van der Waals surface area contributed by atoms with Gasteiger partial charge in [-0.25, -0.2) is 0 Å². The summed E-state index contributed by atoms with van der Waals surface area (Å²) in [6.45, 7) is 6.47. The molecule has 1 atom stereocenters. The Morgan fingerprint density at radius 1 is 0.356 bits per heavy atom. The molecule has 0 saturated carbocycles. The van der Waals surface area contributed by atoms with Gasteiger partial charge in [0.2, 0.25) is 0 Å². The van der Waals surface area contributed by atoms with Crippen LogP contribution in [-0.2, 0) is 28.6 Å². The Labute approximate surface area is 364 Å². The summed E-state index contributed by atoms with van der Waals surface area (Å²) in [5, 5.41) is 0. The highest BCUT2D eigenvalue weighted by atomic mass is 16.6. The Balaban J connectivity index is 4.43. The molecule has 0 aliphatic rings. The van der Waals surface area contributed by atoms with Gasteiger partial charge in [0.15, 0.2) is 6.10 Å². The zero-order valence-electron chi connectivity index (χ0n) is 38.8. The quantitative estimate of drug-likeness (QED) is 0.0263. The van der Waals surface area contributed by atoms with Crippen LogP contribution in [-0.4, -0.2) is 37.2 Å². The van der Waals surface area contributed by atoms with Crippen molar-refractivity contribution in [3.8, 4) is 0 Å². The van der Waals surface area contributed by atoms with Crippen LogP contribution in [0.15, 0.2) is 60.8 Å². The molecule has 6 heteroatoms. The molecule has 0 amide bonds. The third-order valence-electron chi connectivity index (χ3n) is 10.5. The molecule has 59 heavy (non-hydrogen) atoms. The van der Waals surface area contributed by atoms with Gasteiger partial charge in [-0.05, 0) is 83.5 Å². The van der Waals surface area contributed by atoms with Gasteiger partial charge < -0.3 is 14.2 Å². The number of unbranched alkanes of at least 4 members (excludes halogenated alkanes) is 23. The van der Waals surface area contributed by atoms with Crippen molar-refractivity contribution >= 4 is 17.9 Å². The minimum absolute atomic E-state index is 0.0922. The Kier molecular flexibility index (Phi) is 45.4. The molecule has 0 fully saturated rings. The van der Waals surface area contributed by atoms with E-state index in [-0.39, 0.29) is 37.5 Å². The van der Waals surface area contributed by atoms with Crippen LogP contribution in [0.4, 0.5) is 0 Å². The van der Waals surface area contributed by atoms with Gasteiger partial charge in [-0.15, -0.1) is 0 Å². The normalized spacial score (nSPS) is 12.5. The lowest BCUT2D eigenvalue weighted by Gasteiger charge is -2.18. The molecule has 0 rings (SSSR count). The summed E-state index contributed by atoms with van der Waals surface area (Å²) in [5.41, 5.74) is 0. The number of hydrogen-bond acceptors (Lipinski definition) is 6. The largest absolute Gasteiger partial charge is 0.462 e. The van der Waals surface area contributed by atoms with Gasteiger partial charge in [0, 0.05) is 19.3 Å². The monoisotopic (exact) mass is 825 g/mol. The molecule has 0 aromatic rings. The molecule has 0 saturated heterocycles. The predicted octanol–water partition coefficient (Wildman–Crippen LogP) is 16.1. The summed E-state index contributed by atoms with van der Waals surface area (Å²) in [5.74, 6) is -0.943. The van der Waals surface area contributed by atoms with E-state index in [1.807, 2.05) is 0 Å². The summed E-state index contributed by atoms with van der Waals surface area (Å²) < 4.78 is 16.7. The summed E-state index contributed by atoms with van der Waals surface area (Å²) in [7, 11) is 0. The van der Waals surface area contributed by atoms with Gasteiger partial charge in [0.25, 0.3) is 0 Å². The Bertz CT molecular complexity index is 1090. The van der Waals surface area contributed by atoms with E-state index < -0.39 is 6.10 Å². The zero-order chi connectivity index (χ0) is 43.0. The number of allylic oxidation sites excluding steroid dienone is 10. The van der Waals surface area contributed by atoms with E-state index in [4.69, 9.17) is 14.2 Å². The van der Waals surface area contributed by atoms with Crippen LogP contribution in [0.2, 0.25) is 0 Å². The van der Waals surface area contributed by atoms with E-state index in [0.29, 0.717) is 19.3 Å². The lowest BCUT2D eigenvalue weighted by atomic mass is 10.1. The Morgan fingerprint density at radius 2 is 0.661 bits per heavy atom. The summed E-state index contributed by atoms with van der Waals surface area (Å²) >= 11 is 0. The van der Waals surface area contributed by atoms with Crippen molar-refractivity contribution in [3.63, 3.8) is 0 Å². The van der Waals surface area contributed by atoms with Gasteiger partial charge in [-0.2, -0.15) is 0 Å². The van der Waals surface area contributed by atoms with E-state index >= 15 is 0 Å². The predicted molar refractivity (Wildman–Crippen MR) is 251 cm³/mol. The SMILES string of the molecule is CC/C=C\C/C=C\C/C=C\C/C=C\CCCCC(=O)OC(COC(=O)CCCCCCC/C=C\CCCCCCCCC)COC(=O)CCCCCCCCCCCC. The summed E-state index contributed by atoms with van der Waals surface area (Å²) in [6, 6.07) is 0.